The summed E-state index contributed by atoms with van der Waals surface area (Å²) in [5, 5.41) is 3.46. The van der Waals surface area contributed by atoms with Crippen molar-refractivity contribution in [3.63, 3.8) is 0 Å². The number of hydrogen-bond acceptors (Lipinski definition) is 5. The lowest BCUT2D eigenvalue weighted by Gasteiger charge is -2.12. The molecule has 6 nitrogen and oxygen atoms in total. The zero-order valence-corrected chi connectivity index (χ0v) is 14.3. The van der Waals surface area contributed by atoms with Crippen molar-refractivity contribution in [3.8, 4) is 0 Å². The van der Waals surface area contributed by atoms with Gasteiger partial charge in [0.25, 0.3) is 5.91 Å². The predicted octanol–water partition coefficient (Wildman–Crippen LogP) is 3.07. The Bertz CT molecular complexity index is 1120. The van der Waals surface area contributed by atoms with Crippen LogP contribution in [-0.4, -0.2) is 19.0 Å². The van der Waals surface area contributed by atoms with E-state index in [1.54, 1.807) is 36.4 Å². The smallest absolute Gasteiger partial charge is 0.337 e. The topological polar surface area (TPSA) is 85.6 Å². The normalized spacial score (nSPS) is 15.6. The Labute approximate surface area is 152 Å². The van der Waals surface area contributed by atoms with Gasteiger partial charge in [-0.15, -0.1) is 0 Å². The molecular formula is C19H12ClNO5. The second-order valence-electron chi connectivity index (χ2n) is 5.83. The van der Waals surface area contributed by atoms with Crippen molar-refractivity contribution < 1.29 is 18.7 Å². The predicted molar refractivity (Wildman–Crippen MR) is 94.6 cm³/mol. The second-order valence-corrected chi connectivity index (χ2v) is 6.27. The monoisotopic (exact) mass is 369 g/mol. The number of methoxy groups -OCH3 is 1. The number of benzene rings is 2. The molecule has 130 valence electrons. The van der Waals surface area contributed by atoms with E-state index in [2.05, 4.69) is 10.1 Å². The molecule has 0 radical (unpaired) electrons. The van der Waals surface area contributed by atoms with Crippen LogP contribution in [0.15, 0.2) is 51.7 Å². The van der Waals surface area contributed by atoms with Gasteiger partial charge in [-0.05, 0) is 35.9 Å². The van der Waals surface area contributed by atoms with Gasteiger partial charge in [0.05, 0.1) is 29.7 Å². The van der Waals surface area contributed by atoms with Gasteiger partial charge in [-0.1, -0.05) is 23.7 Å². The van der Waals surface area contributed by atoms with Crippen LogP contribution < -0.4 is 10.7 Å². The summed E-state index contributed by atoms with van der Waals surface area (Å²) in [6.07, 6.45) is 0. The van der Waals surface area contributed by atoms with Gasteiger partial charge >= 0.3 is 5.97 Å². The molecule has 4 rings (SSSR count). The fourth-order valence-electron chi connectivity index (χ4n) is 3.06. The van der Waals surface area contributed by atoms with Gasteiger partial charge < -0.3 is 14.5 Å². The Morgan fingerprint density at radius 2 is 1.88 bits per heavy atom. The fourth-order valence-corrected chi connectivity index (χ4v) is 3.23. The first-order valence-electron chi connectivity index (χ1n) is 7.75. The zero-order chi connectivity index (χ0) is 18.4. The zero-order valence-electron chi connectivity index (χ0n) is 13.5. The maximum absolute atomic E-state index is 12.9. The Balaban J connectivity index is 1.86. The Kier molecular flexibility index (Phi) is 3.77. The number of ether oxygens (including phenoxy) is 1. The first-order chi connectivity index (χ1) is 12.5. The molecule has 1 aliphatic rings. The molecule has 1 amide bonds. The van der Waals surface area contributed by atoms with E-state index in [1.165, 1.54) is 13.2 Å². The van der Waals surface area contributed by atoms with Gasteiger partial charge in [0.1, 0.15) is 5.58 Å². The summed E-state index contributed by atoms with van der Waals surface area (Å²) < 4.78 is 10.3. The molecule has 0 saturated heterocycles. The minimum atomic E-state index is -0.663. The Hall–Kier alpha value is -3.12. The maximum Gasteiger partial charge on any atom is 0.337 e. The van der Waals surface area contributed by atoms with E-state index in [1.807, 2.05) is 0 Å². The van der Waals surface area contributed by atoms with Gasteiger partial charge in [0.15, 0.2) is 5.43 Å². The number of carbonyl (C=O) groups is 2. The molecule has 0 aliphatic carbocycles. The maximum atomic E-state index is 12.9. The van der Waals surface area contributed by atoms with E-state index >= 15 is 0 Å². The number of rotatable bonds is 2. The van der Waals surface area contributed by atoms with Gasteiger partial charge in [-0.3, -0.25) is 9.59 Å². The number of esters is 1. The first kappa shape index (κ1) is 16.4. The molecular weight excluding hydrogens is 358 g/mol. The van der Waals surface area contributed by atoms with Crippen molar-refractivity contribution in [2.75, 3.05) is 7.11 Å². The Morgan fingerprint density at radius 3 is 2.58 bits per heavy atom. The second kappa shape index (κ2) is 6.00. The standard InChI is InChI=1S/C19H12ClNO5/c1-25-19(24)10-4-2-9(3-5-10)15-14-16(22)12-8-11(20)6-7-13(12)26-17(14)18(23)21-15/h2-8,15H,1H3,(H,21,23)/t15-/m1/s1. The molecule has 3 aromatic rings. The molecule has 0 bridgehead atoms. The molecule has 1 N–H and O–H groups in total. The van der Waals surface area contributed by atoms with E-state index in [0.717, 1.165) is 0 Å². The van der Waals surface area contributed by atoms with E-state index in [-0.39, 0.29) is 16.8 Å². The number of hydrogen-bond donors (Lipinski definition) is 1. The highest BCUT2D eigenvalue weighted by molar-refractivity contribution is 6.31. The third kappa shape index (κ3) is 2.46. The largest absolute Gasteiger partial charge is 0.465 e. The van der Waals surface area contributed by atoms with E-state index < -0.39 is 17.9 Å². The molecule has 7 heteroatoms. The molecule has 26 heavy (non-hydrogen) atoms. The highest BCUT2D eigenvalue weighted by atomic mass is 35.5. The summed E-state index contributed by atoms with van der Waals surface area (Å²) in [7, 11) is 1.30. The number of nitrogens with one attached hydrogen (secondary N) is 1. The van der Waals surface area contributed by atoms with Crippen LogP contribution >= 0.6 is 11.6 Å². The van der Waals surface area contributed by atoms with Crippen LogP contribution in [0.1, 0.15) is 38.1 Å². The lowest BCUT2D eigenvalue weighted by molar-refractivity contribution is 0.0600. The number of amides is 1. The average Bonchev–Trinajstić information content (AvgIpc) is 2.99. The first-order valence-corrected chi connectivity index (χ1v) is 8.13. The minimum absolute atomic E-state index is 0.00753. The van der Waals surface area contributed by atoms with Gasteiger partial charge in [-0.25, -0.2) is 4.79 Å². The van der Waals surface area contributed by atoms with Crippen LogP contribution in [0.25, 0.3) is 11.0 Å². The van der Waals surface area contributed by atoms with E-state index in [9.17, 15) is 14.4 Å². The molecule has 2 aromatic carbocycles. The lowest BCUT2D eigenvalue weighted by Crippen LogP contribution is -2.22. The van der Waals surface area contributed by atoms with Crippen molar-refractivity contribution in [2.24, 2.45) is 0 Å². The Morgan fingerprint density at radius 1 is 1.15 bits per heavy atom. The summed E-state index contributed by atoms with van der Waals surface area (Å²) in [5.74, 6) is -0.935. The molecule has 1 atom stereocenters. The molecule has 1 aliphatic heterocycles. The van der Waals surface area contributed by atoms with Gasteiger partial charge in [0.2, 0.25) is 5.76 Å². The van der Waals surface area contributed by atoms with Gasteiger partial charge in [0, 0.05) is 5.02 Å². The van der Waals surface area contributed by atoms with Crippen molar-refractivity contribution in [3.05, 3.63) is 80.2 Å². The molecule has 0 saturated carbocycles. The van der Waals surface area contributed by atoms with Crippen molar-refractivity contribution >= 4 is 34.4 Å². The van der Waals surface area contributed by atoms with Crippen LogP contribution in [0, 0.1) is 0 Å². The van der Waals surface area contributed by atoms with Crippen molar-refractivity contribution in [1.82, 2.24) is 5.32 Å². The highest BCUT2D eigenvalue weighted by Crippen LogP contribution is 2.31. The lowest BCUT2D eigenvalue weighted by atomic mass is 9.98. The average molecular weight is 370 g/mol. The number of carbonyl (C=O) groups excluding carboxylic acids is 2. The highest BCUT2D eigenvalue weighted by Gasteiger charge is 2.35. The summed E-state index contributed by atoms with van der Waals surface area (Å²) >= 11 is 5.98. The summed E-state index contributed by atoms with van der Waals surface area (Å²) in [6, 6.07) is 10.5. The molecule has 2 heterocycles. The quantitative estimate of drug-likeness (QED) is 0.702. The number of halogens is 1. The third-order valence-electron chi connectivity index (χ3n) is 4.32. The molecule has 0 unspecified atom stereocenters. The van der Waals surface area contributed by atoms with E-state index in [4.69, 9.17) is 16.0 Å². The SMILES string of the molecule is COC(=O)c1ccc([C@H]2NC(=O)c3oc4ccc(Cl)cc4c(=O)c32)cc1. The van der Waals surface area contributed by atoms with E-state index in [0.29, 0.717) is 27.1 Å². The molecule has 1 aromatic heterocycles. The van der Waals surface area contributed by atoms with Crippen LogP contribution in [0.5, 0.6) is 0 Å². The van der Waals surface area contributed by atoms with Crippen LogP contribution in [0.4, 0.5) is 0 Å². The van der Waals surface area contributed by atoms with Crippen LogP contribution in [0.2, 0.25) is 5.02 Å². The number of fused-ring (bicyclic) bond motifs is 2. The fraction of sp³-hybridized carbons (Fsp3) is 0.105. The summed E-state index contributed by atoms with van der Waals surface area (Å²) in [6.45, 7) is 0. The molecule has 0 fully saturated rings. The van der Waals surface area contributed by atoms with Gasteiger partial charge in [-0.2, -0.15) is 0 Å². The molecule has 0 spiro atoms. The summed E-state index contributed by atoms with van der Waals surface area (Å²) in [4.78, 5) is 36.8. The van der Waals surface area contributed by atoms with Crippen molar-refractivity contribution in [2.45, 2.75) is 6.04 Å². The third-order valence-corrected chi connectivity index (χ3v) is 4.56. The summed E-state index contributed by atoms with van der Waals surface area (Å²) in [5.41, 5.74) is 1.24. The van der Waals surface area contributed by atoms with Crippen LogP contribution in [0.3, 0.4) is 0 Å². The van der Waals surface area contributed by atoms with Crippen LogP contribution in [-0.2, 0) is 4.74 Å². The minimum Gasteiger partial charge on any atom is -0.465 e. The van der Waals surface area contributed by atoms with Crippen molar-refractivity contribution in [1.29, 1.82) is 0 Å².